The van der Waals surface area contributed by atoms with Gasteiger partial charge in [-0.25, -0.2) is 0 Å². The molecular formula is C19H29N3O4. The van der Waals surface area contributed by atoms with E-state index in [1.807, 2.05) is 28.9 Å². The van der Waals surface area contributed by atoms with Crippen molar-refractivity contribution >= 4 is 11.8 Å². The molecule has 4 atom stereocenters. The summed E-state index contributed by atoms with van der Waals surface area (Å²) in [5, 5.41) is 0. The van der Waals surface area contributed by atoms with Crippen LogP contribution in [-0.4, -0.2) is 97.2 Å². The zero-order chi connectivity index (χ0) is 18.3. The maximum absolute atomic E-state index is 13.2. The van der Waals surface area contributed by atoms with Gasteiger partial charge < -0.3 is 24.2 Å². The van der Waals surface area contributed by atoms with Crippen LogP contribution in [0.5, 0.6) is 0 Å². The van der Waals surface area contributed by atoms with Gasteiger partial charge in [0.05, 0.1) is 31.1 Å². The molecule has 0 aromatic heterocycles. The van der Waals surface area contributed by atoms with E-state index in [-0.39, 0.29) is 29.8 Å². The summed E-state index contributed by atoms with van der Waals surface area (Å²) in [5.74, 6) is -0.627. The van der Waals surface area contributed by atoms with E-state index in [2.05, 4.69) is 11.8 Å². The number of amides is 2. The number of piperazine rings is 1. The normalized spacial score (nSPS) is 36.2. The zero-order valence-corrected chi connectivity index (χ0v) is 15.7. The maximum atomic E-state index is 13.2. The Hall–Kier alpha value is -1.44. The monoisotopic (exact) mass is 363 g/mol. The summed E-state index contributed by atoms with van der Waals surface area (Å²) >= 11 is 0. The van der Waals surface area contributed by atoms with E-state index >= 15 is 0 Å². The van der Waals surface area contributed by atoms with Gasteiger partial charge in [0, 0.05) is 39.3 Å². The molecule has 0 aromatic rings. The van der Waals surface area contributed by atoms with Crippen LogP contribution >= 0.6 is 0 Å². The molecule has 0 N–H and O–H groups in total. The summed E-state index contributed by atoms with van der Waals surface area (Å²) in [4.78, 5) is 32.4. The summed E-state index contributed by atoms with van der Waals surface area (Å²) in [6.45, 7) is 10.6. The first-order valence-electron chi connectivity index (χ1n) is 9.84. The molecule has 4 aliphatic rings. The fourth-order valence-electron chi connectivity index (χ4n) is 4.86. The summed E-state index contributed by atoms with van der Waals surface area (Å²) in [5.41, 5.74) is -0.612. The Morgan fingerprint density at radius 3 is 2.77 bits per heavy atom. The maximum Gasteiger partial charge on any atom is 0.230 e. The minimum atomic E-state index is -0.612. The Morgan fingerprint density at radius 1 is 1.31 bits per heavy atom. The Kier molecular flexibility index (Phi) is 4.79. The molecule has 0 aliphatic carbocycles. The van der Waals surface area contributed by atoms with Crippen molar-refractivity contribution in [1.82, 2.24) is 14.7 Å². The number of hydrogen-bond donors (Lipinski definition) is 0. The lowest BCUT2D eigenvalue weighted by atomic mass is 9.76. The number of carbonyl (C=O) groups excluding carboxylic acids is 2. The second kappa shape index (κ2) is 6.94. The van der Waals surface area contributed by atoms with Crippen LogP contribution in [-0.2, 0) is 19.1 Å². The van der Waals surface area contributed by atoms with Gasteiger partial charge in [-0.3, -0.25) is 9.59 Å². The number of nitrogens with zero attached hydrogens (tertiary/aromatic N) is 3. The van der Waals surface area contributed by atoms with E-state index < -0.39 is 5.60 Å². The van der Waals surface area contributed by atoms with Gasteiger partial charge in [0.1, 0.15) is 5.60 Å². The lowest BCUT2D eigenvalue weighted by molar-refractivity contribution is -0.144. The molecule has 1 spiro atoms. The third-order valence-corrected chi connectivity index (χ3v) is 6.30. The smallest absolute Gasteiger partial charge is 0.230 e. The van der Waals surface area contributed by atoms with Crippen LogP contribution in [0.2, 0.25) is 0 Å². The molecule has 0 aromatic carbocycles. The molecule has 4 aliphatic heterocycles. The van der Waals surface area contributed by atoms with Crippen LogP contribution in [0.4, 0.5) is 0 Å². The molecule has 2 amide bonds. The lowest BCUT2D eigenvalue weighted by Gasteiger charge is -2.37. The largest absolute Gasteiger partial charge is 0.380 e. The fourth-order valence-corrected chi connectivity index (χ4v) is 4.86. The third kappa shape index (κ3) is 2.77. The van der Waals surface area contributed by atoms with Crippen LogP contribution in [0.25, 0.3) is 0 Å². The molecule has 4 heterocycles. The summed E-state index contributed by atoms with van der Waals surface area (Å²) in [6.07, 6.45) is 3.75. The quantitative estimate of drug-likeness (QED) is 0.490. The van der Waals surface area contributed by atoms with Gasteiger partial charge in [0.2, 0.25) is 11.8 Å². The molecule has 0 radical (unpaired) electrons. The summed E-state index contributed by atoms with van der Waals surface area (Å²) in [6, 6.07) is 0. The standard InChI is InChI=1S/C19H29N3O4/c1-3-20-7-9-21(10-8-20)17(23)15-14-5-6-19(26-14)13-22(11-12-25-4-2)18(24)16(15)19/h5-6,14-16H,3-4,7-13H2,1-2H3/t14-,15+,16+,19-/m0/s1. The first-order valence-corrected chi connectivity index (χ1v) is 9.84. The Balaban J connectivity index is 1.47. The molecule has 0 unspecified atom stereocenters. The SMILES string of the molecule is CCOCCN1C[C@]23C=C[C@H](O2)[C@@H](C(=O)N2CCN(CC)CC2)[C@@H]3C1=O. The molecular weight excluding hydrogens is 334 g/mol. The van der Waals surface area contributed by atoms with Gasteiger partial charge in [-0.05, 0) is 13.5 Å². The van der Waals surface area contributed by atoms with Gasteiger partial charge in [0.15, 0.2) is 0 Å². The van der Waals surface area contributed by atoms with E-state index in [4.69, 9.17) is 9.47 Å². The summed E-state index contributed by atoms with van der Waals surface area (Å²) < 4.78 is 11.6. The highest BCUT2D eigenvalue weighted by atomic mass is 16.5. The van der Waals surface area contributed by atoms with Gasteiger partial charge >= 0.3 is 0 Å². The van der Waals surface area contributed by atoms with Crippen molar-refractivity contribution in [2.45, 2.75) is 25.6 Å². The minimum absolute atomic E-state index is 0.0436. The van der Waals surface area contributed by atoms with Crippen LogP contribution in [0, 0.1) is 11.8 Å². The van der Waals surface area contributed by atoms with E-state index in [9.17, 15) is 9.59 Å². The lowest BCUT2D eigenvalue weighted by Crippen LogP contribution is -2.53. The van der Waals surface area contributed by atoms with Gasteiger partial charge in [-0.15, -0.1) is 0 Å². The molecule has 7 heteroatoms. The van der Waals surface area contributed by atoms with Crippen molar-refractivity contribution in [3.8, 4) is 0 Å². The number of hydrogen-bond acceptors (Lipinski definition) is 5. The predicted octanol–water partition coefficient (Wildman–Crippen LogP) is -0.0310. The number of rotatable bonds is 6. The van der Waals surface area contributed by atoms with Gasteiger partial charge in [-0.1, -0.05) is 19.1 Å². The first-order chi connectivity index (χ1) is 12.6. The number of likely N-dealkylation sites (N-methyl/N-ethyl adjacent to an activating group) is 1. The topological polar surface area (TPSA) is 62.3 Å². The van der Waals surface area contributed by atoms with Crippen LogP contribution in [0.15, 0.2) is 12.2 Å². The average molecular weight is 363 g/mol. The van der Waals surface area contributed by atoms with Gasteiger partial charge in [-0.2, -0.15) is 0 Å². The number of likely N-dealkylation sites (tertiary alicyclic amines) is 1. The third-order valence-electron chi connectivity index (χ3n) is 6.30. The fraction of sp³-hybridized carbons (Fsp3) is 0.789. The van der Waals surface area contributed by atoms with E-state index in [1.54, 1.807) is 0 Å². The molecule has 4 rings (SSSR count). The van der Waals surface area contributed by atoms with Crippen molar-refractivity contribution in [1.29, 1.82) is 0 Å². The van der Waals surface area contributed by atoms with Crippen molar-refractivity contribution in [2.24, 2.45) is 11.8 Å². The first kappa shape index (κ1) is 17.9. The van der Waals surface area contributed by atoms with Crippen LogP contribution in [0.3, 0.4) is 0 Å². The number of carbonyl (C=O) groups is 2. The van der Waals surface area contributed by atoms with Crippen LogP contribution < -0.4 is 0 Å². The van der Waals surface area contributed by atoms with Crippen molar-refractivity contribution in [3.63, 3.8) is 0 Å². The Bertz CT molecular complexity index is 602. The minimum Gasteiger partial charge on any atom is -0.380 e. The van der Waals surface area contributed by atoms with Crippen molar-refractivity contribution in [2.75, 3.05) is 59.0 Å². The van der Waals surface area contributed by atoms with Crippen LogP contribution in [0.1, 0.15) is 13.8 Å². The molecule has 3 saturated heterocycles. The number of ether oxygens (including phenoxy) is 2. The Morgan fingerprint density at radius 2 is 2.08 bits per heavy atom. The highest BCUT2D eigenvalue weighted by Gasteiger charge is 2.67. The van der Waals surface area contributed by atoms with E-state index in [0.717, 1.165) is 32.7 Å². The highest BCUT2D eigenvalue weighted by molar-refractivity contribution is 5.93. The molecule has 0 saturated carbocycles. The van der Waals surface area contributed by atoms with E-state index in [1.165, 1.54) is 0 Å². The number of fused-ring (bicyclic) bond motifs is 1. The molecule has 3 fully saturated rings. The van der Waals surface area contributed by atoms with Gasteiger partial charge in [0.25, 0.3) is 0 Å². The van der Waals surface area contributed by atoms with Crippen molar-refractivity contribution < 1.29 is 19.1 Å². The molecule has 26 heavy (non-hydrogen) atoms. The molecule has 7 nitrogen and oxygen atoms in total. The molecule has 144 valence electrons. The average Bonchev–Trinajstić information content (AvgIpc) is 3.30. The molecule has 2 bridgehead atoms. The predicted molar refractivity (Wildman–Crippen MR) is 95.5 cm³/mol. The Labute approximate surface area is 154 Å². The van der Waals surface area contributed by atoms with E-state index in [0.29, 0.717) is 26.3 Å². The second-order valence-corrected chi connectivity index (χ2v) is 7.62. The second-order valence-electron chi connectivity index (χ2n) is 7.62. The van der Waals surface area contributed by atoms with Crippen molar-refractivity contribution in [3.05, 3.63) is 12.2 Å². The highest BCUT2D eigenvalue weighted by Crippen LogP contribution is 2.52. The summed E-state index contributed by atoms with van der Waals surface area (Å²) in [7, 11) is 0. The zero-order valence-electron chi connectivity index (χ0n) is 15.7.